The number of imidazole rings is 1. The van der Waals surface area contributed by atoms with Crippen LogP contribution in [0.25, 0.3) is 17.2 Å². The highest BCUT2D eigenvalue weighted by Crippen LogP contribution is 2.29. The lowest BCUT2D eigenvalue weighted by atomic mass is 10.1. The number of fused-ring (bicyclic) bond motifs is 2. The molecule has 4 heterocycles. The number of pyridine rings is 1. The third-order valence-corrected chi connectivity index (χ3v) is 5.77. The van der Waals surface area contributed by atoms with Gasteiger partial charge >= 0.3 is 0 Å². The third kappa shape index (κ3) is 3.69. The summed E-state index contributed by atoms with van der Waals surface area (Å²) in [6, 6.07) is 13.7. The average Bonchev–Trinajstić information content (AvgIpc) is 2.96. The summed E-state index contributed by atoms with van der Waals surface area (Å²) in [4.78, 5) is 26.4. The molecule has 162 valence electrons. The van der Waals surface area contributed by atoms with Crippen LogP contribution in [0.5, 0.6) is 0 Å². The minimum Gasteiger partial charge on any atom is -0.366 e. The Kier molecular flexibility index (Phi) is 5.28. The normalized spacial score (nSPS) is 13.5. The fourth-order valence-electron chi connectivity index (χ4n) is 4.21. The van der Waals surface area contributed by atoms with Gasteiger partial charge in [0.05, 0.1) is 17.0 Å². The molecule has 4 aromatic rings. The molecule has 1 aromatic carbocycles. The molecule has 3 aromatic heterocycles. The van der Waals surface area contributed by atoms with Crippen LogP contribution in [-0.4, -0.2) is 31.8 Å². The Morgan fingerprint density at radius 3 is 2.81 bits per heavy atom. The number of aryl methyl sites for hydroxylation is 1. The van der Waals surface area contributed by atoms with Crippen LogP contribution in [0, 0.1) is 6.92 Å². The summed E-state index contributed by atoms with van der Waals surface area (Å²) in [5, 5.41) is 6.98. The number of carbonyl (C=O) groups is 1. The van der Waals surface area contributed by atoms with Crippen molar-refractivity contribution in [3.05, 3.63) is 76.7 Å². The van der Waals surface area contributed by atoms with Crippen molar-refractivity contribution in [1.29, 1.82) is 0 Å². The van der Waals surface area contributed by atoms with Crippen LogP contribution in [0.2, 0.25) is 0 Å². The lowest BCUT2D eigenvalue weighted by Crippen LogP contribution is -2.15. The molecule has 1 amide bonds. The molecule has 8 heteroatoms. The minimum atomic E-state index is -0.510. The van der Waals surface area contributed by atoms with Gasteiger partial charge in [-0.25, -0.2) is 15.0 Å². The van der Waals surface area contributed by atoms with E-state index in [1.165, 1.54) is 5.56 Å². The Labute approximate surface area is 185 Å². The molecule has 32 heavy (non-hydrogen) atoms. The first kappa shape index (κ1) is 20.1. The number of amides is 1. The molecular formula is C24H25N7O. The Morgan fingerprint density at radius 2 is 2.00 bits per heavy atom. The van der Waals surface area contributed by atoms with Crippen LogP contribution in [0.3, 0.4) is 0 Å². The predicted molar refractivity (Wildman–Crippen MR) is 123 cm³/mol. The van der Waals surface area contributed by atoms with Crippen molar-refractivity contribution in [1.82, 2.24) is 24.7 Å². The average molecular weight is 428 g/mol. The first-order valence-corrected chi connectivity index (χ1v) is 10.8. The highest BCUT2D eigenvalue weighted by molar-refractivity contribution is 5.99. The van der Waals surface area contributed by atoms with Crippen molar-refractivity contribution in [3.8, 4) is 11.5 Å². The van der Waals surface area contributed by atoms with Crippen molar-refractivity contribution >= 4 is 17.4 Å². The highest BCUT2D eigenvalue weighted by Gasteiger charge is 2.22. The molecule has 5 rings (SSSR count). The predicted octanol–water partition coefficient (Wildman–Crippen LogP) is 2.85. The Hall–Kier alpha value is -3.78. The molecule has 0 bridgehead atoms. The van der Waals surface area contributed by atoms with Crippen LogP contribution >= 0.6 is 0 Å². The number of nitrogens with two attached hydrogens (primary N) is 1. The van der Waals surface area contributed by atoms with Crippen LogP contribution in [0.1, 0.15) is 39.3 Å². The number of rotatable bonds is 5. The maximum absolute atomic E-state index is 11.9. The number of aromatic nitrogens is 4. The van der Waals surface area contributed by atoms with Gasteiger partial charge in [0.1, 0.15) is 17.2 Å². The quantitative estimate of drug-likeness (QED) is 0.452. The molecule has 1 aliphatic rings. The smallest absolute Gasteiger partial charge is 0.252 e. The van der Waals surface area contributed by atoms with E-state index in [1.54, 1.807) is 12.1 Å². The molecule has 0 saturated heterocycles. The number of hydrogen-bond donors (Lipinski definition) is 3. The molecule has 0 aliphatic carbocycles. The summed E-state index contributed by atoms with van der Waals surface area (Å²) in [7, 11) is 0. The van der Waals surface area contributed by atoms with Gasteiger partial charge in [-0.15, -0.1) is 0 Å². The molecule has 0 atom stereocenters. The number of carbonyl (C=O) groups excluding carboxylic acids is 1. The Bertz CT molecular complexity index is 1300. The van der Waals surface area contributed by atoms with Gasteiger partial charge in [0.2, 0.25) is 0 Å². The van der Waals surface area contributed by atoms with Gasteiger partial charge in [-0.05, 0) is 44.0 Å². The first-order chi connectivity index (χ1) is 15.6. The van der Waals surface area contributed by atoms with Gasteiger partial charge in [0, 0.05) is 24.8 Å². The summed E-state index contributed by atoms with van der Waals surface area (Å²) in [5.74, 6) is 0.914. The molecule has 1 aliphatic heterocycles. The third-order valence-electron chi connectivity index (χ3n) is 5.77. The zero-order chi connectivity index (χ0) is 22.1. The summed E-state index contributed by atoms with van der Waals surface area (Å²) in [6.07, 6.45) is 3.81. The van der Waals surface area contributed by atoms with Gasteiger partial charge in [0.25, 0.3) is 5.91 Å². The van der Waals surface area contributed by atoms with E-state index in [1.807, 2.05) is 35.7 Å². The topological polar surface area (TPSA) is 110 Å². The lowest BCUT2D eigenvalue weighted by molar-refractivity contribution is 0.100. The van der Waals surface area contributed by atoms with E-state index < -0.39 is 5.91 Å². The number of nitrogens with one attached hydrogen (secondary N) is 2. The second-order valence-electron chi connectivity index (χ2n) is 7.97. The van der Waals surface area contributed by atoms with E-state index in [2.05, 4.69) is 27.8 Å². The molecule has 0 radical (unpaired) electrons. The van der Waals surface area contributed by atoms with Crippen molar-refractivity contribution < 1.29 is 4.79 Å². The van der Waals surface area contributed by atoms with Crippen molar-refractivity contribution in [2.24, 2.45) is 5.73 Å². The Morgan fingerprint density at radius 1 is 1.16 bits per heavy atom. The number of benzene rings is 1. The SMILES string of the molecule is Cc1nc2c(C(N)=O)cccn2c1-c1nc2c(c(NCc3ccccc3)n1)CCCNC2. The van der Waals surface area contributed by atoms with Crippen molar-refractivity contribution in [2.45, 2.75) is 32.9 Å². The monoisotopic (exact) mass is 427 g/mol. The number of anilines is 1. The van der Waals surface area contributed by atoms with Gasteiger partial charge in [-0.3, -0.25) is 9.20 Å². The van der Waals surface area contributed by atoms with Gasteiger partial charge in [-0.2, -0.15) is 0 Å². The molecule has 0 spiro atoms. The Balaban J connectivity index is 1.63. The molecule has 4 N–H and O–H groups in total. The number of nitrogens with zero attached hydrogens (tertiary/aromatic N) is 4. The maximum Gasteiger partial charge on any atom is 0.252 e. The van der Waals surface area contributed by atoms with E-state index in [9.17, 15) is 4.79 Å². The zero-order valence-electron chi connectivity index (χ0n) is 17.9. The van der Waals surface area contributed by atoms with Gasteiger partial charge in [-0.1, -0.05) is 30.3 Å². The van der Waals surface area contributed by atoms with E-state index in [4.69, 9.17) is 15.7 Å². The van der Waals surface area contributed by atoms with Crippen LogP contribution < -0.4 is 16.4 Å². The lowest BCUT2D eigenvalue weighted by Gasteiger charge is -2.15. The van der Waals surface area contributed by atoms with E-state index >= 15 is 0 Å². The van der Waals surface area contributed by atoms with E-state index in [-0.39, 0.29) is 0 Å². The highest BCUT2D eigenvalue weighted by atomic mass is 16.1. The van der Waals surface area contributed by atoms with E-state index in [0.717, 1.165) is 47.8 Å². The summed E-state index contributed by atoms with van der Waals surface area (Å²) in [5.41, 5.74) is 11.3. The standard InChI is InChI=1S/C24H25N7O/c1-15-20(31-12-6-10-18(21(25)32)24(31)28-15)23-29-19-14-26-11-5-9-17(19)22(30-23)27-13-16-7-3-2-4-8-16/h2-4,6-8,10,12,26H,5,9,11,13-14H2,1H3,(H2,25,32)(H,27,29,30). The molecule has 0 saturated carbocycles. The number of primary amides is 1. The second kappa shape index (κ2) is 8.39. The molecule has 8 nitrogen and oxygen atoms in total. The fraction of sp³-hybridized carbons (Fsp3) is 0.250. The summed E-state index contributed by atoms with van der Waals surface area (Å²) >= 11 is 0. The fourth-order valence-corrected chi connectivity index (χ4v) is 4.21. The molecule has 0 fully saturated rings. The van der Waals surface area contributed by atoms with E-state index in [0.29, 0.717) is 30.1 Å². The van der Waals surface area contributed by atoms with Crippen LogP contribution in [-0.2, 0) is 19.5 Å². The largest absolute Gasteiger partial charge is 0.366 e. The number of hydrogen-bond acceptors (Lipinski definition) is 6. The zero-order valence-corrected chi connectivity index (χ0v) is 17.9. The summed E-state index contributed by atoms with van der Waals surface area (Å²) in [6.45, 7) is 4.21. The first-order valence-electron chi connectivity index (χ1n) is 10.8. The van der Waals surface area contributed by atoms with Crippen LogP contribution in [0.15, 0.2) is 48.7 Å². The molecular weight excluding hydrogens is 402 g/mol. The van der Waals surface area contributed by atoms with Gasteiger partial charge in [0.15, 0.2) is 5.82 Å². The minimum absolute atomic E-state index is 0.376. The molecule has 0 unspecified atom stereocenters. The van der Waals surface area contributed by atoms with Gasteiger partial charge < -0.3 is 16.4 Å². The van der Waals surface area contributed by atoms with Crippen molar-refractivity contribution in [3.63, 3.8) is 0 Å². The maximum atomic E-state index is 11.9. The second-order valence-corrected chi connectivity index (χ2v) is 7.97. The van der Waals surface area contributed by atoms with Crippen LogP contribution in [0.4, 0.5) is 5.82 Å². The summed E-state index contributed by atoms with van der Waals surface area (Å²) < 4.78 is 1.85. The van der Waals surface area contributed by atoms with Crippen molar-refractivity contribution in [2.75, 3.05) is 11.9 Å².